The molecule has 0 aliphatic heterocycles. The van der Waals surface area contributed by atoms with Crippen molar-refractivity contribution in [3.8, 4) is 12.3 Å². The van der Waals surface area contributed by atoms with Crippen LogP contribution in [0.1, 0.15) is 5.56 Å². The van der Waals surface area contributed by atoms with Crippen molar-refractivity contribution in [2.24, 2.45) is 0 Å². The Bertz CT molecular complexity index is 545. The largest absolute Gasteiger partial charge is 1.00 e. The van der Waals surface area contributed by atoms with Crippen LogP contribution in [0.25, 0.3) is 0 Å². The molecule has 0 saturated carbocycles. The molecule has 6 heteroatoms. The molecule has 0 atom stereocenters. The van der Waals surface area contributed by atoms with Crippen LogP contribution in [0.4, 0.5) is 5.69 Å². The second kappa shape index (κ2) is 6.94. The predicted molar refractivity (Wildman–Crippen MR) is 74.4 cm³/mol. The molecule has 0 aliphatic carbocycles. The van der Waals surface area contributed by atoms with Crippen LogP contribution in [0, 0.1) is 12.3 Å². The summed E-state index contributed by atoms with van der Waals surface area (Å²) in [5, 5.41) is 0. The minimum atomic E-state index is -3.21. The topological polar surface area (TPSA) is 46.2 Å². The summed E-state index contributed by atoms with van der Waals surface area (Å²) >= 11 is 0. The number of hydrogen-bond acceptors (Lipinski definition) is 2. The van der Waals surface area contributed by atoms with Gasteiger partial charge in [-0.05, 0) is 18.1 Å². The molecule has 0 spiro atoms. The van der Waals surface area contributed by atoms with Gasteiger partial charge in [-0.15, -0.1) is 6.42 Å². The molecule has 0 heterocycles. The Morgan fingerprint density at radius 2 is 1.79 bits per heavy atom. The SMILES string of the molecule is C#CC[N+](C)(C)Cc1ccc(NS(C)(=O)=O)cc1.[Br-]. The zero-order valence-electron chi connectivity index (χ0n) is 11.4. The number of benzene rings is 1. The highest BCUT2D eigenvalue weighted by atomic mass is 79.9. The average molecular weight is 347 g/mol. The van der Waals surface area contributed by atoms with E-state index in [1.54, 1.807) is 12.1 Å². The van der Waals surface area contributed by atoms with Crippen molar-refractivity contribution in [3.63, 3.8) is 0 Å². The Morgan fingerprint density at radius 1 is 1.26 bits per heavy atom. The van der Waals surface area contributed by atoms with Crippen molar-refractivity contribution in [1.82, 2.24) is 0 Å². The lowest BCUT2D eigenvalue weighted by atomic mass is 10.2. The minimum Gasteiger partial charge on any atom is -1.00 e. The lowest BCUT2D eigenvalue weighted by Crippen LogP contribution is -3.00. The monoisotopic (exact) mass is 346 g/mol. The fourth-order valence-corrected chi connectivity index (χ4v) is 2.25. The van der Waals surface area contributed by atoms with E-state index in [2.05, 4.69) is 24.7 Å². The number of hydrogen-bond donors (Lipinski definition) is 1. The molecule has 1 rings (SSSR count). The molecule has 0 radical (unpaired) electrons. The molecule has 19 heavy (non-hydrogen) atoms. The number of anilines is 1. The average Bonchev–Trinajstić information content (AvgIpc) is 2.18. The number of quaternary nitrogens is 1. The highest BCUT2D eigenvalue weighted by Crippen LogP contribution is 2.14. The maximum Gasteiger partial charge on any atom is 0.229 e. The van der Waals surface area contributed by atoms with Gasteiger partial charge in [0.05, 0.1) is 20.4 Å². The van der Waals surface area contributed by atoms with Gasteiger partial charge in [0.1, 0.15) is 13.1 Å². The molecule has 1 aromatic rings. The van der Waals surface area contributed by atoms with Crippen molar-refractivity contribution in [2.45, 2.75) is 6.54 Å². The summed E-state index contributed by atoms with van der Waals surface area (Å²) < 4.78 is 25.3. The molecule has 1 aromatic carbocycles. The van der Waals surface area contributed by atoms with Crippen molar-refractivity contribution >= 4 is 15.7 Å². The van der Waals surface area contributed by atoms with Crippen molar-refractivity contribution in [1.29, 1.82) is 0 Å². The number of rotatable bonds is 5. The molecule has 0 aromatic heterocycles. The molecule has 0 saturated heterocycles. The van der Waals surface area contributed by atoms with E-state index in [0.717, 1.165) is 18.4 Å². The number of nitrogens with one attached hydrogen (secondary N) is 1. The quantitative estimate of drug-likeness (QED) is 0.509. The van der Waals surface area contributed by atoms with Gasteiger partial charge in [0.15, 0.2) is 0 Å². The fraction of sp³-hybridized carbons (Fsp3) is 0.385. The molecular formula is C13H19BrN2O2S. The molecule has 0 aliphatic rings. The standard InChI is InChI=1S/C13H19N2O2S.BrH/c1-5-10-15(2,3)11-12-6-8-13(9-7-12)14-18(4,16)17;/h1,6-9,14H,10-11H2,2-4H3;1H/q+1;/p-1. The van der Waals surface area contributed by atoms with E-state index >= 15 is 0 Å². The molecule has 106 valence electrons. The van der Waals surface area contributed by atoms with Crippen LogP contribution in [0.15, 0.2) is 24.3 Å². The van der Waals surface area contributed by atoms with Gasteiger partial charge in [-0.2, -0.15) is 0 Å². The fourth-order valence-electron chi connectivity index (χ4n) is 1.69. The number of terminal acetylenes is 1. The molecule has 0 amide bonds. The van der Waals surface area contributed by atoms with Gasteiger partial charge in [0.2, 0.25) is 10.0 Å². The normalized spacial score (nSPS) is 11.3. The molecule has 0 fully saturated rings. The summed E-state index contributed by atoms with van der Waals surface area (Å²) in [4.78, 5) is 0. The van der Waals surface area contributed by atoms with Crippen LogP contribution in [0.3, 0.4) is 0 Å². The van der Waals surface area contributed by atoms with Gasteiger partial charge in [0, 0.05) is 11.3 Å². The van der Waals surface area contributed by atoms with Crippen molar-refractivity contribution in [3.05, 3.63) is 29.8 Å². The van der Waals surface area contributed by atoms with Crippen molar-refractivity contribution < 1.29 is 29.9 Å². The van der Waals surface area contributed by atoms with Gasteiger partial charge in [-0.3, -0.25) is 4.72 Å². The Hall–Kier alpha value is -1.03. The number of halogens is 1. The highest BCUT2D eigenvalue weighted by Gasteiger charge is 2.14. The predicted octanol–water partition coefficient (Wildman–Crippen LogP) is -1.73. The van der Waals surface area contributed by atoms with Crippen LogP contribution >= 0.6 is 0 Å². The number of sulfonamides is 1. The summed E-state index contributed by atoms with van der Waals surface area (Å²) in [7, 11) is 0.902. The first-order chi connectivity index (χ1) is 8.22. The Kier molecular flexibility index (Phi) is 6.57. The second-order valence-electron chi connectivity index (χ2n) is 5.03. The Labute approximate surface area is 126 Å². The second-order valence-corrected chi connectivity index (χ2v) is 6.78. The maximum atomic E-state index is 11.1. The van der Waals surface area contributed by atoms with Crippen LogP contribution in [-0.4, -0.2) is 39.8 Å². The lowest BCUT2D eigenvalue weighted by molar-refractivity contribution is -0.896. The van der Waals surface area contributed by atoms with E-state index in [0.29, 0.717) is 16.7 Å². The maximum absolute atomic E-state index is 11.1. The van der Waals surface area contributed by atoms with Crippen LogP contribution < -0.4 is 21.7 Å². The molecule has 4 nitrogen and oxygen atoms in total. The third kappa shape index (κ3) is 7.21. The lowest BCUT2D eigenvalue weighted by Gasteiger charge is -2.27. The Morgan fingerprint density at radius 3 is 2.21 bits per heavy atom. The highest BCUT2D eigenvalue weighted by molar-refractivity contribution is 7.92. The van der Waals surface area contributed by atoms with Crippen LogP contribution in [0.2, 0.25) is 0 Å². The zero-order chi connectivity index (χ0) is 13.8. The van der Waals surface area contributed by atoms with Crippen LogP contribution in [0.5, 0.6) is 0 Å². The molecule has 0 bridgehead atoms. The molecule has 0 unspecified atom stereocenters. The zero-order valence-corrected chi connectivity index (χ0v) is 13.8. The minimum absolute atomic E-state index is 0. The van der Waals surface area contributed by atoms with E-state index in [-0.39, 0.29) is 17.0 Å². The summed E-state index contributed by atoms with van der Waals surface area (Å²) in [6.45, 7) is 1.46. The summed E-state index contributed by atoms with van der Waals surface area (Å²) in [6, 6.07) is 7.33. The van der Waals surface area contributed by atoms with Gasteiger partial charge in [-0.25, -0.2) is 8.42 Å². The summed E-state index contributed by atoms with van der Waals surface area (Å²) in [6.07, 6.45) is 6.45. The first-order valence-electron chi connectivity index (χ1n) is 5.54. The summed E-state index contributed by atoms with van der Waals surface area (Å²) in [5.41, 5.74) is 1.69. The van der Waals surface area contributed by atoms with E-state index in [9.17, 15) is 8.42 Å². The van der Waals surface area contributed by atoms with E-state index < -0.39 is 10.0 Å². The summed E-state index contributed by atoms with van der Waals surface area (Å²) in [5.74, 6) is 2.65. The third-order valence-corrected chi connectivity index (χ3v) is 2.99. The van der Waals surface area contributed by atoms with E-state index in [1.165, 1.54) is 0 Å². The van der Waals surface area contributed by atoms with Crippen molar-refractivity contribution in [2.75, 3.05) is 31.6 Å². The Balaban J connectivity index is 0.00000324. The smallest absolute Gasteiger partial charge is 0.229 e. The van der Waals surface area contributed by atoms with Gasteiger partial charge < -0.3 is 21.5 Å². The van der Waals surface area contributed by atoms with Gasteiger partial charge in [-0.1, -0.05) is 12.1 Å². The molecular weight excluding hydrogens is 328 g/mol. The van der Waals surface area contributed by atoms with Gasteiger partial charge in [0.25, 0.3) is 0 Å². The van der Waals surface area contributed by atoms with E-state index in [1.807, 2.05) is 12.1 Å². The van der Waals surface area contributed by atoms with Crippen LogP contribution in [-0.2, 0) is 16.6 Å². The third-order valence-electron chi connectivity index (χ3n) is 2.39. The number of nitrogens with zero attached hydrogens (tertiary/aromatic N) is 1. The van der Waals surface area contributed by atoms with E-state index in [4.69, 9.17) is 6.42 Å². The first-order valence-corrected chi connectivity index (χ1v) is 7.43. The molecule has 1 N–H and O–H groups in total. The first kappa shape index (κ1) is 18.0. The van der Waals surface area contributed by atoms with Gasteiger partial charge >= 0.3 is 0 Å².